The molecule has 0 N–H and O–H groups in total. The van der Waals surface area contributed by atoms with Crippen molar-refractivity contribution in [2.75, 3.05) is 0 Å². The minimum absolute atomic E-state index is 1.51. The second-order valence-corrected chi connectivity index (χ2v) is 3.91. The number of aromatic nitrogens is 4. The lowest BCUT2D eigenvalue weighted by atomic mass is 10.8. The Labute approximate surface area is 77.6 Å². The van der Waals surface area contributed by atoms with E-state index in [2.05, 4.69) is 10.2 Å². The fourth-order valence-corrected chi connectivity index (χ4v) is 2.17. The quantitative estimate of drug-likeness (QED) is 0.703. The van der Waals surface area contributed by atoms with Gasteiger partial charge >= 0.3 is 0 Å². The van der Waals surface area contributed by atoms with Gasteiger partial charge in [0.25, 0.3) is 0 Å². The molecule has 2 aromatic rings. The summed E-state index contributed by atoms with van der Waals surface area (Å²) in [6, 6.07) is 3.77. The van der Waals surface area contributed by atoms with Gasteiger partial charge in [0.15, 0.2) is 0 Å². The third-order valence-electron chi connectivity index (χ3n) is 1.15. The van der Waals surface area contributed by atoms with Gasteiger partial charge in [-0.25, -0.2) is 8.17 Å². The Kier molecular flexibility index (Phi) is 2.38. The molecule has 12 heavy (non-hydrogen) atoms. The molecule has 2 aromatic heterocycles. The largest absolute Gasteiger partial charge is 0.202 e. The molecule has 0 aliphatic carbocycles. The van der Waals surface area contributed by atoms with E-state index in [4.69, 9.17) is 0 Å². The zero-order chi connectivity index (χ0) is 8.23. The van der Waals surface area contributed by atoms with Crippen LogP contribution in [0.2, 0.25) is 0 Å². The lowest BCUT2D eigenvalue weighted by molar-refractivity contribution is 1.01. The SMILES string of the molecule is c1cnn(SSn2cccn2)c1. The second kappa shape index (κ2) is 3.68. The molecule has 0 aliphatic rings. The zero-order valence-electron chi connectivity index (χ0n) is 6.07. The van der Waals surface area contributed by atoms with E-state index in [0.29, 0.717) is 0 Å². The first-order valence-electron chi connectivity index (χ1n) is 3.30. The molecule has 0 aliphatic heterocycles. The molecule has 4 nitrogen and oxygen atoms in total. The smallest absolute Gasteiger partial charge is 0.0690 e. The van der Waals surface area contributed by atoms with Crippen molar-refractivity contribution in [3.05, 3.63) is 36.9 Å². The molecule has 2 heterocycles. The number of hydrogen-bond donors (Lipinski definition) is 0. The summed E-state index contributed by atoms with van der Waals surface area (Å²) in [7, 11) is 3.01. The molecule has 0 unspecified atom stereocenters. The standard InChI is InChI=1S/C6H6N4S2/c1-3-7-9(5-1)11-12-10-6-2-4-8-10/h1-6H. The summed E-state index contributed by atoms with van der Waals surface area (Å²) in [5, 5.41) is 8.07. The molecule has 0 radical (unpaired) electrons. The first-order valence-corrected chi connectivity index (χ1v) is 5.36. The van der Waals surface area contributed by atoms with Crippen LogP contribution in [-0.4, -0.2) is 18.4 Å². The average Bonchev–Trinajstić information content (AvgIpc) is 2.74. The summed E-state index contributed by atoms with van der Waals surface area (Å²) in [4.78, 5) is 0. The van der Waals surface area contributed by atoms with E-state index >= 15 is 0 Å². The van der Waals surface area contributed by atoms with Crippen molar-refractivity contribution >= 4 is 22.0 Å². The van der Waals surface area contributed by atoms with Crippen LogP contribution in [0.4, 0.5) is 0 Å². The van der Waals surface area contributed by atoms with Gasteiger partial charge in [0.2, 0.25) is 0 Å². The predicted molar refractivity (Wildman–Crippen MR) is 50.4 cm³/mol. The molecule has 2 rings (SSSR count). The van der Waals surface area contributed by atoms with Crippen LogP contribution in [0.5, 0.6) is 0 Å². The highest BCUT2D eigenvalue weighted by Crippen LogP contribution is 2.22. The molecule has 6 heteroatoms. The van der Waals surface area contributed by atoms with Crippen molar-refractivity contribution in [2.24, 2.45) is 0 Å². The maximum absolute atomic E-state index is 4.03. The third kappa shape index (κ3) is 1.83. The Hall–Kier alpha value is -0.880. The first-order chi connectivity index (χ1) is 5.95. The van der Waals surface area contributed by atoms with Crippen LogP contribution in [0.25, 0.3) is 0 Å². The van der Waals surface area contributed by atoms with Crippen LogP contribution >= 0.6 is 22.0 Å². The van der Waals surface area contributed by atoms with Crippen molar-refractivity contribution in [2.45, 2.75) is 0 Å². The van der Waals surface area contributed by atoms with Crippen molar-refractivity contribution in [1.29, 1.82) is 0 Å². The van der Waals surface area contributed by atoms with E-state index in [-0.39, 0.29) is 0 Å². The third-order valence-corrected chi connectivity index (χ3v) is 3.07. The molecule has 0 saturated heterocycles. The van der Waals surface area contributed by atoms with Gasteiger partial charge in [-0.3, -0.25) is 0 Å². The van der Waals surface area contributed by atoms with Gasteiger partial charge in [-0.05, 0) is 12.1 Å². The number of rotatable bonds is 3. The molecule has 0 spiro atoms. The number of hydrogen-bond acceptors (Lipinski definition) is 4. The van der Waals surface area contributed by atoms with Crippen LogP contribution in [0, 0.1) is 0 Å². The van der Waals surface area contributed by atoms with Gasteiger partial charge in [0, 0.05) is 12.4 Å². The van der Waals surface area contributed by atoms with Gasteiger partial charge in [0.05, 0.1) is 34.4 Å². The van der Waals surface area contributed by atoms with Crippen molar-refractivity contribution in [3.8, 4) is 0 Å². The highest BCUT2D eigenvalue weighted by atomic mass is 33.1. The average molecular weight is 198 g/mol. The summed E-state index contributed by atoms with van der Waals surface area (Å²) in [5.74, 6) is 0. The minimum Gasteiger partial charge on any atom is -0.202 e. The van der Waals surface area contributed by atoms with Crippen LogP contribution in [0.15, 0.2) is 36.9 Å². The Bertz CT molecular complexity index is 281. The fraction of sp³-hybridized carbons (Fsp3) is 0. The second-order valence-electron chi connectivity index (χ2n) is 1.97. The van der Waals surface area contributed by atoms with Crippen LogP contribution < -0.4 is 0 Å². The highest BCUT2D eigenvalue weighted by Gasteiger charge is 1.94. The van der Waals surface area contributed by atoms with Gasteiger partial charge in [-0.2, -0.15) is 10.2 Å². The summed E-state index contributed by atoms with van der Waals surface area (Å²) >= 11 is 0. The normalized spacial score (nSPS) is 10.3. The van der Waals surface area contributed by atoms with Gasteiger partial charge in [0.1, 0.15) is 0 Å². The molecule has 0 bridgehead atoms. The molecular weight excluding hydrogens is 192 g/mol. The maximum atomic E-state index is 4.03. The van der Waals surface area contributed by atoms with E-state index in [0.717, 1.165) is 0 Å². The van der Waals surface area contributed by atoms with Gasteiger partial charge in [-0.1, -0.05) is 0 Å². The predicted octanol–water partition coefficient (Wildman–Crippen LogP) is 1.69. The molecule has 0 saturated carbocycles. The van der Waals surface area contributed by atoms with Gasteiger partial charge in [-0.15, -0.1) is 0 Å². The topological polar surface area (TPSA) is 35.6 Å². The fourth-order valence-electron chi connectivity index (χ4n) is 0.666. The Morgan fingerprint density at radius 2 is 1.33 bits per heavy atom. The lowest BCUT2D eigenvalue weighted by Gasteiger charge is -1.97. The Morgan fingerprint density at radius 1 is 0.833 bits per heavy atom. The number of nitrogens with zero attached hydrogens (tertiary/aromatic N) is 4. The minimum atomic E-state index is 1.51. The van der Waals surface area contributed by atoms with E-state index in [1.54, 1.807) is 20.6 Å². The maximum Gasteiger partial charge on any atom is 0.0690 e. The van der Waals surface area contributed by atoms with Crippen LogP contribution in [-0.2, 0) is 0 Å². The van der Waals surface area contributed by atoms with Crippen molar-refractivity contribution < 1.29 is 0 Å². The first kappa shape index (κ1) is 7.75. The molecular formula is C6H6N4S2. The Morgan fingerprint density at radius 3 is 1.67 bits per heavy atom. The molecule has 0 amide bonds. The van der Waals surface area contributed by atoms with E-state index in [9.17, 15) is 0 Å². The molecule has 0 aromatic carbocycles. The molecule has 0 atom stereocenters. The summed E-state index contributed by atoms with van der Waals surface area (Å²) in [6.45, 7) is 0. The van der Waals surface area contributed by atoms with E-state index in [1.807, 2.05) is 24.5 Å². The Balaban J connectivity index is 1.91. The summed E-state index contributed by atoms with van der Waals surface area (Å²) < 4.78 is 3.54. The van der Waals surface area contributed by atoms with Gasteiger partial charge < -0.3 is 0 Å². The summed E-state index contributed by atoms with van der Waals surface area (Å²) in [5.41, 5.74) is 0. The molecule has 62 valence electrons. The van der Waals surface area contributed by atoms with Crippen molar-refractivity contribution in [1.82, 2.24) is 18.4 Å². The lowest BCUT2D eigenvalue weighted by Crippen LogP contribution is -1.87. The van der Waals surface area contributed by atoms with Crippen LogP contribution in [0.1, 0.15) is 0 Å². The monoisotopic (exact) mass is 198 g/mol. The highest BCUT2D eigenvalue weighted by molar-refractivity contribution is 8.75. The summed E-state index contributed by atoms with van der Waals surface area (Å²) in [6.07, 6.45) is 7.27. The van der Waals surface area contributed by atoms with E-state index < -0.39 is 0 Å². The molecule has 0 fully saturated rings. The van der Waals surface area contributed by atoms with E-state index in [1.165, 1.54) is 22.0 Å². The van der Waals surface area contributed by atoms with Crippen molar-refractivity contribution in [3.63, 3.8) is 0 Å². The zero-order valence-corrected chi connectivity index (χ0v) is 7.70. The van der Waals surface area contributed by atoms with Crippen LogP contribution in [0.3, 0.4) is 0 Å².